The fourth-order valence-electron chi connectivity index (χ4n) is 3.76. The van der Waals surface area contributed by atoms with Crippen molar-refractivity contribution >= 4 is 21.7 Å². The first-order chi connectivity index (χ1) is 15.7. The topological polar surface area (TPSA) is 84.9 Å². The fourth-order valence-corrected chi connectivity index (χ4v) is 4.45. The van der Waals surface area contributed by atoms with Gasteiger partial charge in [-0.25, -0.2) is 21.9 Å². The minimum absolute atomic E-state index is 0.201. The highest BCUT2D eigenvalue weighted by molar-refractivity contribution is 7.89. The second-order valence-electron chi connectivity index (χ2n) is 7.49. The van der Waals surface area contributed by atoms with Crippen molar-refractivity contribution in [3.8, 4) is 22.6 Å². The van der Waals surface area contributed by atoms with Crippen LogP contribution < -0.4 is 14.8 Å². The van der Waals surface area contributed by atoms with Crippen LogP contribution in [0.4, 0.5) is 14.9 Å². The zero-order chi connectivity index (χ0) is 23.8. The minimum atomic E-state index is -3.70. The number of ether oxygens (including phenoxy) is 2. The molecule has 0 radical (unpaired) electrons. The Morgan fingerprint density at radius 2 is 1.91 bits per heavy atom. The van der Waals surface area contributed by atoms with Gasteiger partial charge in [0.15, 0.2) is 0 Å². The predicted molar refractivity (Wildman–Crippen MR) is 124 cm³/mol. The van der Waals surface area contributed by atoms with Gasteiger partial charge in [0.1, 0.15) is 23.4 Å². The summed E-state index contributed by atoms with van der Waals surface area (Å²) in [6, 6.07) is 15.9. The second-order valence-corrected chi connectivity index (χ2v) is 9.78. The van der Waals surface area contributed by atoms with E-state index in [0.717, 1.165) is 11.1 Å². The Morgan fingerprint density at radius 3 is 2.61 bits per heavy atom. The molecule has 0 saturated heterocycles. The summed E-state index contributed by atoms with van der Waals surface area (Å²) in [4.78, 5) is 12.5. The summed E-state index contributed by atoms with van der Waals surface area (Å²) < 4.78 is 50.5. The lowest BCUT2D eigenvalue weighted by Gasteiger charge is -2.30. The van der Waals surface area contributed by atoms with Crippen LogP contribution in [0.2, 0.25) is 0 Å². The molecular formula is C24H23FN2O5S. The smallest absolute Gasteiger partial charge is 0.335 e. The van der Waals surface area contributed by atoms with Crippen LogP contribution in [0.3, 0.4) is 0 Å². The van der Waals surface area contributed by atoms with Crippen molar-refractivity contribution in [3.63, 3.8) is 0 Å². The van der Waals surface area contributed by atoms with Crippen molar-refractivity contribution in [2.75, 3.05) is 25.2 Å². The predicted octanol–water partition coefficient (Wildman–Crippen LogP) is 4.80. The van der Waals surface area contributed by atoms with Gasteiger partial charge >= 0.3 is 6.03 Å². The maximum atomic E-state index is 14.0. The SMILES string of the molecule is CCS(=O)(=O)N(C)C(=O)Nc1ccc2c(c1)C(c1cccc(F)c1)Oc1cccc(OC)c1-2. The number of halogens is 1. The molecule has 1 unspecified atom stereocenters. The fraction of sp³-hybridized carbons (Fsp3) is 0.208. The molecule has 4 rings (SSSR count). The third-order valence-electron chi connectivity index (χ3n) is 5.53. The number of hydrogen-bond donors (Lipinski definition) is 1. The van der Waals surface area contributed by atoms with Gasteiger partial charge in [0.05, 0.1) is 18.4 Å². The number of hydrogen-bond acceptors (Lipinski definition) is 5. The molecule has 1 atom stereocenters. The molecule has 33 heavy (non-hydrogen) atoms. The highest BCUT2D eigenvalue weighted by Gasteiger charge is 2.30. The number of nitrogens with zero attached hydrogens (tertiary/aromatic N) is 1. The summed E-state index contributed by atoms with van der Waals surface area (Å²) in [5.74, 6) is 0.594. The lowest BCUT2D eigenvalue weighted by atomic mass is 9.88. The van der Waals surface area contributed by atoms with Gasteiger partial charge in [-0.3, -0.25) is 0 Å². The maximum absolute atomic E-state index is 14.0. The van der Waals surface area contributed by atoms with Gasteiger partial charge in [-0.2, -0.15) is 0 Å². The number of urea groups is 1. The van der Waals surface area contributed by atoms with Crippen molar-refractivity contribution in [2.24, 2.45) is 0 Å². The van der Waals surface area contributed by atoms with Crippen LogP contribution in [-0.2, 0) is 10.0 Å². The van der Waals surface area contributed by atoms with Crippen LogP contribution in [0.15, 0.2) is 60.7 Å². The summed E-state index contributed by atoms with van der Waals surface area (Å²) >= 11 is 0. The number of fused-ring (bicyclic) bond motifs is 3. The molecule has 0 spiro atoms. The van der Waals surface area contributed by atoms with Crippen LogP contribution in [0.5, 0.6) is 11.5 Å². The average molecular weight is 471 g/mol. The van der Waals surface area contributed by atoms with E-state index in [4.69, 9.17) is 9.47 Å². The van der Waals surface area contributed by atoms with Gasteiger partial charge in [-0.05, 0) is 54.4 Å². The van der Waals surface area contributed by atoms with Gasteiger partial charge < -0.3 is 14.8 Å². The molecule has 7 nitrogen and oxygen atoms in total. The third-order valence-corrected chi connectivity index (χ3v) is 7.26. The Balaban J connectivity index is 1.81. The first kappa shape index (κ1) is 22.6. The zero-order valence-electron chi connectivity index (χ0n) is 18.3. The maximum Gasteiger partial charge on any atom is 0.335 e. The summed E-state index contributed by atoms with van der Waals surface area (Å²) in [5.41, 5.74) is 3.19. The summed E-state index contributed by atoms with van der Waals surface area (Å²) in [6.45, 7) is 1.46. The molecule has 0 saturated carbocycles. The lowest BCUT2D eigenvalue weighted by Crippen LogP contribution is -2.37. The molecule has 9 heteroatoms. The van der Waals surface area contributed by atoms with E-state index in [1.807, 2.05) is 18.2 Å². The summed E-state index contributed by atoms with van der Waals surface area (Å²) in [6.07, 6.45) is -0.649. The normalized spacial score (nSPS) is 14.5. The molecule has 0 aromatic heterocycles. The number of anilines is 1. The average Bonchev–Trinajstić information content (AvgIpc) is 2.82. The largest absolute Gasteiger partial charge is 0.496 e. The highest BCUT2D eigenvalue weighted by Crippen LogP contribution is 2.49. The van der Waals surface area contributed by atoms with Crippen molar-refractivity contribution in [1.29, 1.82) is 0 Å². The Bertz CT molecular complexity index is 1330. The van der Waals surface area contributed by atoms with Gasteiger partial charge in [0, 0.05) is 18.3 Å². The number of carbonyl (C=O) groups is 1. The first-order valence-electron chi connectivity index (χ1n) is 10.3. The van der Waals surface area contributed by atoms with E-state index in [9.17, 15) is 17.6 Å². The van der Waals surface area contributed by atoms with Crippen LogP contribution in [-0.4, -0.2) is 38.7 Å². The van der Waals surface area contributed by atoms with E-state index in [1.54, 1.807) is 37.4 Å². The Morgan fingerprint density at radius 1 is 1.15 bits per heavy atom. The van der Waals surface area contributed by atoms with Gasteiger partial charge in [0.2, 0.25) is 10.0 Å². The molecule has 1 heterocycles. The second kappa shape index (κ2) is 8.74. The molecule has 1 aliphatic heterocycles. The highest BCUT2D eigenvalue weighted by atomic mass is 32.2. The molecule has 0 aliphatic carbocycles. The quantitative estimate of drug-likeness (QED) is 0.579. The first-order valence-corrected chi connectivity index (χ1v) is 11.9. The number of carbonyl (C=O) groups excluding carboxylic acids is 1. The Hall–Kier alpha value is -3.59. The number of methoxy groups -OCH3 is 1. The van der Waals surface area contributed by atoms with Gasteiger partial charge in [-0.1, -0.05) is 24.3 Å². The van der Waals surface area contributed by atoms with E-state index in [0.29, 0.717) is 32.6 Å². The van der Waals surface area contributed by atoms with Crippen LogP contribution in [0, 0.1) is 5.82 Å². The molecule has 1 N–H and O–H groups in total. The number of amides is 2. The van der Waals surface area contributed by atoms with Crippen molar-refractivity contribution in [3.05, 3.63) is 77.6 Å². The lowest BCUT2D eigenvalue weighted by molar-refractivity contribution is 0.240. The van der Waals surface area contributed by atoms with Crippen molar-refractivity contribution < 1.29 is 27.1 Å². The van der Waals surface area contributed by atoms with Crippen molar-refractivity contribution in [1.82, 2.24) is 4.31 Å². The van der Waals surface area contributed by atoms with Crippen LogP contribution in [0.1, 0.15) is 24.2 Å². The van der Waals surface area contributed by atoms with Crippen molar-refractivity contribution in [2.45, 2.75) is 13.0 Å². The van der Waals surface area contributed by atoms with Gasteiger partial charge in [-0.15, -0.1) is 0 Å². The van der Waals surface area contributed by atoms with E-state index >= 15 is 0 Å². The number of sulfonamides is 1. The number of nitrogens with one attached hydrogen (secondary N) is 1. The molecule has 3 aromatic rings. The van der Waals surface area contributed by atoms with E-state index in [-0.39, 0.29) is 5.75 Å². The van der Waals surface area contributed by atoms with E-state index < -0.39 is 28.0 Å². The minimum Gasteiger partial charge on any atom is -0.496 e. The molecule has 172 valence electrons. The zero-order valence-corrected chi connectivity index (χ0v) is 19.1. The molecular weight excluding hydrogens is 447 g/mol. The summed E-state index contributed by atoms with van der Waals surface area (Å²) in [7, 11) is -0.941. The van der Waals surface area contributed by atoms with Crippen LogP contribution >= 0.6 is 0 Å². The monoisotopic (exact) mass is 470 g/mol. The number of benzene rings is 3. The van der Waals surface area contributed by atoms with Gasteiger partial charge in [0.25, 0.3) is 0 Å². The standard InChI is InChI=1S/C24H23FN2O5S/c1-4-33(29,30)27(2)24(28)26-17-11-12-18-19(14-17)23(15-7-5-8-16(25)13-15)32-21-10-6-9-20(31-3)22(18)21/h5-14,23H,4H2,1-3H3,(H,26,28). The van der Waals surface area contributed by atoms with E-state index in [1.165, 1.54) is 26.1 Å². The Labute approximate surface area is 191 Å². The molecule has 2 amide bonds. The summed E-state index contributed by atoms with van der Waals surface area (Å²) in [5, 5.41) is 2.62. The van der Waals surface area contributed by atoms with Crippen LogP contribution in [0.25, 0.3) is 11.1 Å². The third kappa shape index (κ3) is 4.23. The Kier molecular flexibility index (Phi) is 5.99. The van der Waals surface area contributed by atoms with E-state index in [2.05, 4.69) is 5.32 Å². The molecule has 3 aromatic carbocycles. The molecule has 0 bridgehead atoms. The number of rotatable bonds is 5. The molecule has 0 fully saturated rings. The molecule has 1 aliphatic rings.